The Morgan fingerprint density at radius 1 is 1.19 bits per heavy atom. The van der Waals surface area contributed by atoms with E-state index in [0.717, 1.165) is 22.7 Å². The number of amides is 1. The summed E-state index contributed by atoms with van der Waals surface area (Å²) in [7, 11) is 0. The molecule has 31 heavy (non-hydrogen) atoms. The minimum absolute atomic E-state index is 0.159. The molecule has 0 spiro atoms. The number of carbonyl (C=O) groups is 1. The van der Waals surface area contributed by atoms with E-state index in [1.165, 1.54) is 12.1 Å². The number of hydrogen-bond donors (Lipinski definition) is 1. The molecule has 1 aromatic carbocycles. The van der Waals surface area contributed by atoms with Crippen LogP contribution in [-0.4, -0.2) is 47.0 Å². The van der Waals surface area contributed by atoms with Gasteiger partial charge in [0.2, 0.25) is 0 Å². The lowest BCUT2D eigenvalue weighted by molar-refractivity contribution is -0.141. The number of benzene rings is 1. The minimum atomic E-state index is -4.63. The van der Waals surface area contributed by atoms with Gasteiger partial charge in [-0.25, -0.2) is 4.98 Å². The zero-order chi connectivity index (χ0) is 22.2. The molecule has 3 aromatic rings. The number of nitrogens with zero attached hydrogens (tertiary/aromatic N) is 4. The number of alkyl halides is 3. The lowest BCUT2D eigenvalue weighted by Gasteiger charge is -2.30. The minimum Gasteiger partial charge on any atom is -0.378 e. The van der Waals surface area contributed by atoms with Crippen molar-refractivity contribution in [3.05, 3.63) is 47.9 Å². The van der Waals surface area contributed by atoms with Crippen LogP contribution in [0.3, 0.4) is 0 Å². The van der Waals surface area contributed by atoms with E-state index in [1.807, 2.05) is 30.8 Å². The first-order valence-electron chi connectivity index (χ1n) is 9.93. The summed E-state index contributed by atoms with van der Waals surface area (Å²) >= 11 is 0. The monoisotopic (exact) mass is 433 g/mol. The van der Waals surface area contributed by atoms with Crippen molar-refractivity contribution in [1.82, 2.24) is 14.8 Å². The van der Waals surface area contributed by atoms with Crippen molar-refractivity contribution in [2.75, 3.05) is 36.5 Å². The van der Waals surface area contributed by atoms with Crippen molar-refractivity contribution in [2.24, 2.45) is 0 Å². The average molecular weight is 433 g/mol. The van der Waals surface area contributed by atoms with E-state index < -0.39 is 17.8 Å². The second kappa shape index (κ2) is 8.18. The van der Waals surface area contributed by atoms with Crippen LogP contribution in [0.2, 0.25) is 0 Å². The molecule has 7 nitrogen and oxygen atoms in total. The van der Waals surface area contributed by atoms with Gasteiger partial charge >= 0.3 is 6.18 Å². The SMILES string of the molecule is CC(C)n1cc2cc(NC(=O)c3cccc(C(F)(F)F)n3)c(N3CCOCC3)cc2n1. The molecular formula is C21H22F3N5O2. The molecule has 0 saturated carbocycles. The molecule has 10 heteroatoms. The molecule has 1 aliphatic heterocycles. The Morgan fingerprint density at radius 3 is 2.61 bits per heavy atom. The van der Waals surface area contributed by atoms with Crippen LogP contribution in [0.5, 0.6) is 0 Å². The fraction of sp³-hybridized carbons (Fsp3) is 0.381. The molecule has 0 bridgehead atoms. The van der Waals surface area contributed by atoms with Crippen LogP contribution in [0, 0.1) is 0 Å². The fourth-order valence-electron chi connectivity index (χ4n) is 3.42. The van der Waals surface area contributed by atoms with Gasteiger partial charge < -0.3 is 15.0 Å². The van der Waals surface area contributed by atoms with Gasteiger partial charge in [-0.3, -0.25) is 9.48 Å². The van der Waals surface area contributed by atoms with Crippen LogP contribution >= 0.6 is 0 Å². The molecule has 1 N–H and O–H groups in total. The smallest absolute Gasteiger partial charge is 0.378 e. The second-order valence-electron chi connectivity index (χ2n) is 7.59. The van der Waals surface area contributed by atoms with Crippen molar-refractivity contribution in [3.8, 4) is 0 Å². The van der Waals surface area contributed by atoms with Crippen LogP contribution < -0.4 is 10.2 Å². The molecule has 3 heterocycles. The normalized spacial score (nSPS) is 15.0. The summed E-state index contributed by atoms with van der Waals surface area (Å²) in [6.45, 7) is 6.36. The van der Waals surface area contributed by atoms with Crippen molar-refractivity contribution < 1.29 is 22.7 Å². The van der Waals surface area contributed by atoms with Crippen molar-refractivity contribution in [2.45, 2.75) is 26.1 Å². The highest BCUT2D eigenvalue weighted by Crippen LogP contribution is 2.33. The first kappa shape index (κ1) is 21.1. The number of pyridine rings is 1. The Morgan fingerprint density at radius 2 is 1.94 bits per heavy atom. The van der Waals surface area contributed by atoms with Gasteiger partial charge in [0.25, 0.3) is 5.91 Å². The number of hydrogen-bond acceptors (Lipinski definition) is 5. The number of fused-ring (bicyclic) bond motifs is 1. The molecule has 0 aliphatic carbocycles. The maximum Gasteiger partial charge on any atom is 0.433 e. The number of rotatable bonds is 4. The third kappa shape index (κ3) is 4.48. The van der Waals surface area contributed by atoms with Crippen molar-refractivity contribution in [1.29, 1.82) is 0 Å². The van der Waals surface area contributed by atoms with Gasteiger partial charge in [0.05, 0.1) is 30.1 Å². The summed E-state index contributed by atoms with van der Waals surface area (Å²) in [6, 6.07) is 7.10. The summed E-state index contributed by atoms with van der Waals surface area (Å²) in [4.78, 5) is 18.3. The van der Waals surface area contributed by atoms with Gasteiger partial charge in [-0.05, 0) is 38.1 Å². The third-order valence-corrected chi connectivity index (χ3v) is 5.04. The lowest BCUT2D eigenvalue weighted by atomic mass is 10.1. The fourth-order valence-corrected chi connectivity index (χ4v) is 3.42. The average Bonchev–Trinajstić information content (AvgIpc) is 3.17. The first-order chi connectivity index (χ1) is 14.7. The van der Waals surface area contributed by atoms with Crippen LogP contribution in [0.15, 0.2) is 36.5 Å². The molecule has 164 valence electrons. The summed E-state index contributed by atoms with van der Waals surface area (Å²) < 4.78 is 46.2. The molecule has 0 atom stereocenters. The first-order valence-corrected chi connectivity index (χ1v) is 9.93. The van der Waals surface area contributed by atoms with Crippen LogP contribution in [0.25, 0.3) is 10.9 Å². The molecule has 1 amide bonds. The number of ether oxygens (including phenoxy) is 1. The van der Waals surface area contributed by atoms with Crippen molar-refractivity contribution >= 4 is 28.2 Å². The number of aromatic nitrogens is 3. The maximum atomic E-state index is 13.0. The number of nitrogens with one attached hydrogen (secondary N) is 1. The van der Waals surface area contributed by atoms with E-state index in [0.29, 0.717) is 32.0 Å². The van der Waals surface area contributed by atoms with Crippen LogP contribution in [-0.2, 0) is 10.9 Å². The quantitative estimate of drug-likeness (QED) is 0.670. The Balaban J connectivity index is 1.71. The Bertz CT molecular complexity index is 1100. The van der Waals surface area contributed by atoms with Gasteiger partial charge in [-0.2, -0.15) is 18.3 Å². The molecule has 0 unspecified atom stereocenters. The van der Waals surface area contributed by atoms with E-state index in [-0.39, 0.29) is 11.7 Å². The third-order valence-electron chi connectivity index (χ3n) is 5.04. The number of morpholine rings is 1. The zero-order valence-electron chi connectivity index (χ0n) is 17.1. The Hall–Kier alpha value is -3.14. The molecule has 1 aliphatic rings. The topological polar surface area (TPSA) is 72.3 Å². The molecule has 4 rings (SSSR count). The van der Waals surface area contributed by atoms with E-state index in [2.05, 4.69) is 20.3 Å². The molecule has 1 fully saturated rings. The van der Waals surface area contributed by atoms with E-state index in [1.54, 1.807) is 6.07 Å². The van der Waals surface area contributed by atoms with Gasteiger partial charge in [-0.1, -0.05) is 6.07 Å². The Kier molecular flexibility index (Phi) is 5.57. The predicted molar refractivity (Wildman–Crippen MR) is 110 cm³/mol. The number of carbonyl (C=O) groups excluding carboxylic acids is 1. The molecular weight excluding hydrogens is 411 g/mol. The summed E-state index contributed by atoms with van der Waals surface area (Å²) in [5.41, 5.74) is 0.584. The highest BCUT2D eigenvalue weighted by molar-refractivity contribution is 6.06. The van der Waals surface area contributed by atoms with Gasteiger partial charge in [0, 0.05) is 30.7 Å². The molecule has 2 aromatic heterocycles. The summed E-state index contributed by atoms with van der Waals surface area (Å²) in [5.74, 6) is -0.712. The second-order valence-corrected chi connectivity index (χ2v) is 7.59. The van der Waals surface area contributed by atoms with E-state index in [4.69, 9.17) is 4.74 Å². The van der Waals surface area contributed by atoms with Crippen LogP contribution in [0.4, 0.5) is 24.5 Å². The van der Waals surface area contributed by atoms with E-state index >= 15 is 0 Å². The lowest BCUT2D eigenvalue weighted by Crippen LogP contribution is -2.36. The van der Waals surface area contributed by atoms with Gasteiger partial charge in [0.1, 0.15) is 11.4 Å². The highest BCUT2D eigenvalue weighted by atomic mass is 19.4. The van der Waals surface area contributed by atoms with Gasteiger partial charge in [-0.15, -0.1) is 0 Å². The Labute approximate surface area is 176 Å². The van der Waals surface area contributed by atoms with E-state index in [9.17, 15) is 18.0 Å². The maximum absolute atomic E-state index is 13.0. The summed E-state index contributed by atoms with van der Waals surface area (Å²) in [6.07, 6.45) is -2.75. The predicted octanol–water partition coefficient (Wildman–Crippen LogP) is 4.12. The standard InChI is InChI=1S/C21H22F3N5O2/c1-13(2)29-12-14-10-17(18(11-16(14)27-29)28-6-8-31-9-7-28)26-20(30)15-4-3-5-19(25-15)21(22,23)24/h3-5,10-13H,6-9H2,1-2H3,(H,26,30). The highest BCUT2D eigenvalue weighted by Gasteiger charge is 2.33. The van der Waals surface area contributed by atoms with Gasteiger partial charge in [0.15, 0.2) is 0 Å². The van der Waals surface area contributed by atoms with Crippen LogP contribution in [0.1, 0.15) is 36.1 Å². The zero-order valence-corrected chi connectivity index (χ0v) is 17.1. The number of anilines is 2. The largest absolute Gasteiger partial charge is 0.433 e. The summed E-state index contributed by atoms with van der Waals surface area (Å²) in [5, 5.41) is 8.16. The number of halogens is 3. The van der Waals surface area contributed by atoms with Crippen molar-refractivity contribution in [3.63, 3.8) is 0 Å². The molecule has 1 saturated heterocycles. The molecule has 0 radical (unpaired) electrons.